The van der Waals surface area contributed by atoms with E-state index in [4.69, 9.17) is 4.74 Å². The van der Waals surface area contributed by atoms with E-state index in [-0.39, 0.29) is 27.6 Å². The monoisotopic (exact) mass is 374 g/mol. The third kappa shape index (κ3) is 3.05. The van der Waals surface area contributed by atoms with Crippen molar-refractivity contribution in [1.82, 2.24) is 9.62 Å². The van der Waals surface area contributed by atoms with Crippen molar-refractivity contribution in [3.05, 3.63) is 18.2 Å². The first-order chi connectivity index (χ1) is 11.2. The lowest BCUT2D eigenvalue weighted by Crippen LogP contribution is -2.42. The van der Waals surface area contributed by atoms with Gasteiger partial charge in [0.15, 0.2) is 9.84 Å². The van der Waals surface area contributed by atoms with Gasteiger partial charge in [-0.25, -0.2) is 16.8 Å². The van der Waals surface area contributed by atoms with E-state index in [1.807, 2.05) is 0 Å². The summed E-state index contributed by atoms with van der Waals surface area (Å²) in [6.45, 7) is 1.40. The van der Waals surface area contributed by atoms with Crippen LogP contribution in [0.15, 0.2) is 28.0 Å². The molecule has 0 amide bonds. The molecule has 7 nitrogen and oxygen atoms in total. The molecular weight excluding hydrogens is 352 g/mol. The number of ether oxygens (including phenoxy) is 1. The number of hydrogen-bond donors (Lipinski definition) is 1. The molecule has 0 saturated carbocycles. The van der Waals surface area contributed by atoms with Crippen LogP contribution in [0.1, 0.15) is 19.3 Å². The lowest BCUT2D eigenvalue weighted by molar-refractivity contribution is 0.331. The van der Waals surface area contributed by atoms with Crippen LogP contribution in [-0.2, 0) is 19.9 Å². The number of sulfonamides is 1. The summed E-state index contributed by atoms with van der Waals surface area (Å²) >= 11 is 0. The summed E-state index contributed by atoms with van der Waals surface area (Å²) in [5.74, 6) is 0.166. The van der Waals surface area contributed by atoms with Crippen molar-refractivity contribution in [3.63, 3.8) is 0 Å². The zero-order chi connectivity index (χ0) is 17.5. The molecule has 0 spiro atoms. The van der Waals surface area contributed by atoms with Gasteiger partial charge in [0.25, 0.3) is 0 Å². The average molecular weight is 374 g/mol. The fourth-order valence-electron chi connectivity index (χ4n) is 3.53. The Kier molecular flexibility index (Phi) is 4.63. The molecule has 9 heteroatoms. The first-order valence-electron chi connectivity index (χ1n) is 7.87. The van der Waals surface area contributed by atoms with Crippen molar-refractivity contribution in [1.29, 1.82) is 0 Å². The number of sulfone groups is 1. The van der Waals surface area contributed by atoms with Gasteiger partial charge in [-0.15, -0.1) is 0 Å². The summed E-state index contributed by atoms with van der Waals surface area (Å²) in [4.78, 5) is -0.103. The lowest BCUT2D eigenvalue weighted by atomic mass is 10.1. The molecule has 0 radical (unpaired) electrons. The van der Waals surface area contributed by atoms with E-state index >= 15 is 0 Å². The molecule has 2 bridgehead atoms. The highest BCUT2D eigenvalue weighted by Crippen LogP contribution is 2.37. The van der Waals surface area contributed by atoms with Gasteiger partial charge in [0.1, 0.15) is 10.6 Å². The fraction of sp³-hybridized carbons (Fsp3) is 0.600. The summed E-state index contributed by atoms with van der Waals surface area (Å²) in [5.41, 5.74) is 0. The molecule has 2 saturated heterocycles. The molecule has 0 aliphatic carbocycles. The molecule has 2 aliphatic rings. The zero-order valence-electron chi connectivity index (χ0n) is 13.7. The van der Waals surface area contributed by atoms with Crippen LogP contribution < -0.4 is 10.1 Å². The number of nitrogens with zero attached hydrogens (tertiary/aromatic N) is 1. The van der Waals surface area contributed by atoms with E-state index in [0.29, 0.717) is 6.54 Å². The van der Waals surface area contributed by atoms with E-state index in [2.05, 4.69) is 5.32 Å². The molecule has 1 N–H and O–H groups in total. The Bertz CT molecular complexity index is 821. The Morgan fingerprint density at radius 3 is 2.50 bits per heavy atom. The van der Waals surface area contributed by atoms with Gasteiger partial charge in [0.05, 0.1) is 12.0 Å². The quantitative estimate of drug-likeness (QED) is 0.830. The summed E-state index contributed by atoms with van der Waals surface area (Å²) in [5, 5.41) is 3.26. The van der Waals surface area contributed by atoms with Crippen LogP contribution in [-0.4, -0.2) is 59.7 Å². The SMILES string of the molecule is COc1ccc(S(C)(=O)=O)cc1S(=O)(=O)N1C2CCNCC1CC2. The van der Waals surface area contributed by atoms with Crippen molar-refractivity contribution in [2.75, 3.05) is 26.5 Å². The second-order valence-electron chi connectivity index (χ2n) is 6.30. The summed E-state index contributed by atoms with van der Waals surface area (Å²) in [6.07, 6.45) is 3.46. The van der Waals surface area contributed by atoms with Gasteiger partial charge in [-0.2, -0.15) is 4.31 Å². The topological polar surface area (TPSA) is 92.8 Å². The smallest absolute Gasteiger partial charge is 0.247 e. The molecule has 2 heterocycles. The van der Waals surface area contributed by atoms with Crippen LogP contribution in [0.3, 0.4) is 0 Å². The first kappa shape index (κ1) is 17.7. The Hall–Kier alpha value is -1.16. The molecule has 2 unspecified atom stereocenters. The summed E-state index contributed by atoms with van der Waals surface area (Å²) < 4.78 is 57.0. The van der Waals surface area contributed by atoms with Gasteiger partial charge in [0, 0.05) is 24.9 Å². The molecule has 0 aromatic heterocycles. The zero-order valence-corrected chi connectivity index (χ0v) is 15.4. The van der Waals surface area contributed by atoms with E-state index in [0.717, 1.165) is 32.1 Å². The van der Waals surface area contributed by atoms with Gasteiger partial charge < -0.3 is 10.1 Å². The fourth-order valence-corrected chi connectivity index (χ4v) is 6.34. The van der Waals surface area contributed by atoms with Crippen LogP contribution in [0, 0.1) is 0 Å². The van der Waals surface area contributed by atoms with Gasteiger partial charge >= 0.3 is 0 Å². The number of nitrogens with one attached hydrogen (secondary N) is 1. The third-order valence-electron chi connectivity index (χ3n) is 4.71. The van der Waals surface area contributed by atoms with Crippen molar-refractivity contribution >= 4 is 19.9 Å². The number of hydrogen-bond acceptors (Lipinski definition) is 6. The molecular formula is C15H22N2O5S2. The molecule has 1 aromatic rings. The van der Waals surface area contributed by atoms with Crippen LogP contribution in [0.25, 0.3) is 0 Å². The molecule has 134 valence electrons. The van der Waals surface area contributed by atoms with Gasteiger partial charge in [0.2, 0.25) is 10.0 Å². The van der Waals surface area contributed by atoms with Crippen molar-refractivity contribution in [3.8, 4) is 5.75 Å². The molecule has 2 aliphatic heterocycles. The molecule has 24 heavy (non-hydrogen) atoms. The van der Waals surface area contributed by atoms with E-state index in [1.54, 1.807) is 4.31 Å². The molecule has 2 atom stereocenters. The largest absolute Gasteiger partial charge is 0.495 e. The molecule has 2 fully saturated rings. The number of fused-ring (bicyclic) bond motifs is 2. The van der Waals surface area contributed by atoms with Crippen molar-refractivity contribution < 1.29 is 21.6 Å². The first-order valence-corrected chi connectivity index (χ1v) is 11.2. The predicted molar refractivity (Wildman–Crippen MR) is 89.4 cm³/mol. The predicted octanol–water partition coefficient (Wildman–Crippen LogP) is 0.614. The van der Waals surface area contributed by atoms with Gasteiger partial charge in [-0.05, 0) is 44.0 Å². The van der Waals surface area contributed by atoms with Gasteiger partial charge in [-0.1, -0.05) is 0 Å². The maximum absolute atomic E-state index is 13.3. The van der Waals surface area contributed by atoms with Crippen molar-refractivity contribution in [2.45, 2.75) is 41.1 Å². The number of methoxy groups -OCH3 is 1. The Morgan fingerprint density at radius 2 is 1.83 bits per heavy atom. The van der Waals surface area contributed by atoms with Crippen LogP contribution in [0.5, 0.6) is 5.75 Å². The lowest BCUT2D eigenvalue weighted by Gasteiger charge is -2.27. The second-order valence-corrected chi connectivity index (χ2v) is 10.1. The standard InChI is InChI=1S/C15H22N2O5S2/c1-22-14-6-5-13(23(2,18)19)9-15(14)24(20,21)17-11-3-4-12(17)10-16-8-7-11/h5-6,9,11-12,16H,3-4,7-8,10H2,1-2H3. The number of rotatable bonds is 4. The van der Waals surface area contributed by atoms with E-state index in [1.165, 1.54) is 25.3 Å². The van der Waals surface area contributed by atoms with Gasteiger partial charge in [-0.3, -0.25) is 0 Å². The normalized spacial score (nSPS) is 25.4. The third-order valence-corrected chi connectivity index (χ3v) is 7.84. The second kappa shape index (κ2) is 6.29. The van der Waals surface area contributed by atoms with Crippen LogP contribution in [0.4, 0.5) is 0 Å². The van der Waals surface area contributed by atoms with Crippen molar-refractivity contribution in [2.24, 2.45) is 0 Å². The molecule has 3 rings (SSSR count). The Labute approximate surface area is 143 Å². The average Bonchev–Trinajstić information content (AvgIpc) is 2.79. The van der Waals surface area contributed by atoms with E-state index in [9.17, 15) is 16.8 Å². The number of benzene rings is 1. The highest BCUT2D eigenvalue weighted by atomic mass is 32.2. The summed E-state index contributed by atoms with van der Waals surface area (Å²) in [6, 6.07) is 3.82. The summed E-state index contributed by atoms with van der Waals surface area (Å²) in [7, 11) is -5.97. The molecule has 1 aromatic carbocycles. The minimum atomic E-state index is -3.84. The minimum absolute atomic E-state index is 0.0258. The van der Waals surface area contributed by atoms with Crippen LogP contribution in [0.2, 0.25) is 0 Å². The highest BCUT2D eigenvalue weighted by Gasteiger charge is 2.44. The maximum atomic E-state index is 13.3. The minimum Gasteiger partial charge on any atom is -0.495 e. The Balaban J connectivity index is 2.12. The Morgan fingerprint density at radius 1 is 1.12 bits per heavy atom. The maximum Gasteiger partial charge on any atom is 0.247 e. The highest BCUT2D eigenvalue weighted by molar-refractivity contribution is 7.91. The van der Waals surface area contributed by atoms with E-state index < -0.39 is 19.9 Å². The van der Waals surface area contributed by atoms with Crippen LogP contribution >= 0.6 is 0 Å².